The molecule has 1 saturated carbocycles. The number of rotatable bonds is 4. The average molecular weight is 292 g/mol. The fraction of sp³-hybridized carbons (Fsp3) is 0.750. The quantitative estimate of drug-likeness (QED) is 0.762. The second-order valence-electron chi connectivity index (χ2n) is 6.56. The van der Waals surface area contributed by atoms with Crippen LogP contribution < -0.4 is 5.32 Å². The van der Waals surface area contributed by atoms with Crippen LogP contribution in [0.4, 0.5) is 0 Å². The number of piperidine rings is 1. The Morgan fingerprint density at radius 1 is 1.19 bits per heavy atom. The number of nitrogens with zero attached hydrogens (tertiary/aromatic N) is 1. The van der Waals surface area contributed by atoms with Gasteiger partial charge in [0.05, 0.1) is 11.8 Å². The molecule has 0 spiro atoms. The molecule has 0 aromatic carbocycles. The number of hydrogen-bond acceptors (Lipinski definition) is 3. The molecule has 1 saturated heterocycles. The number of likely N-dealkylation sites (tertiary alicyclic amines) is 1. The van der Waals surface area contributed by atoms with Crippen LogP contribution in [0.2, 0.25) is 0 Å². The van der Waals surface area contributed by atoms with Gasteiger partial charge >= 0.3 is 5.97 Å². The predicted molar refractivity (Wildman–Crippen MR) is 78.6 cm³/mol. The number of carbonyl (C=O) groups is 2. The molecule has 1 aliphatic heterocycles. The van der Waals surface area contributed by atoms with E-state index in [4.69, 9.17) is 0 Å². The molecule has 2 aliphatic carbocycles. The Morgan fingerprint density at radius 2 is 1.81 bits per heavy atom. The van der Waals surface area contributed by atoms with Gasteiger partial charge in [0.1, 0.15) is 0 Å². The monoisotopic (exact) mass is 292 g/mol. The Balaban J connectivity index is 1.60. The van der Waals surface area contributed by atoms with Gasteiger partial charge in [0.2, 0.25) is 5.91 Å². The van der Waals surface area contributed by atoms with Crippen LogP contribution >= 0.6 is 0 Å². The van der Waals surface area contributed by atoms with Gasteiger partial charge in [-0.3, -0.25) is 9.59 Å². The number of nitrogens with one attached hydrogen (secondary N) is 1. The number of carbonyl (C=O) groups excluding carboxylic acids is 1. The molecule has 116 valence electrons. The lowest BCUT2D eigenvalue weighted by atomic mass is 9.82. The molecule has 5 nitrogen and oxygen atoms in total. The molecule has 1 heterocycles. The Hall–Kier alpha value is -1.36. The van der Waals surface area contributed by atoms with Crippen LogP contribution in [0.1, 0.15) is 26.2 Å². The molecule has 4 atom stereocenters. The van der Waals surface area contributed by atoms with Crippen molar-refractivity contribution in [3.63, 3.8) is 0 Å². The number of carboxylic acids is 1. The molecule has 0 aromatic rings. The van der Waals surface area contributed by atoms with E-state index in [-0.39, 0.29) is 29.7 Å². The summed E-state index contributed by atoms with van der Waals surface area (Å²) in [6.07, 6.45) is 6.77. The van der Waals surface area contributed by atoms with Gasteiger partial charge in [-0.1, -0.05) is 19.1 Å². The highest BCUT2D eigenvalue weighted by Gasteiger charge is 2.51. The van der Waals surface area contributed by atoms with E-state index in [0.29, 0.717) is 0 Å². The normalized spacial score (nSPS) is 36.0. The number of fused-ring (bicyclic) bond motifs is 2. The summed E-state index contributed by atoms with van der Waals surface area (Å²) < 4.78 is 0. The van der Waals surface area contributed by atoms with E-state index in [1.807, 2.05) is 12.2 Å². The minimum atomic E-state index is -0.826. The lowest BCUT2D eigenvalue weighted by Gasteiger charge is -2.33. The molecule has 21 heavy (non-hydrogen) atoms. The SMILES string of the molecule is CCN1CCC(NC(=O)[C@H]2C3C=CC(C3)[C@H]2C(=O)O)CC1. The molecule has 5 heteroatoms. The summed E-state index contributed by atoms with van der Waals surface area (Å²) in [6.45, 7) is 5.23. The van der Waals surface area contributed by atoms with Gasteiger partial charge < -0.3 is 15.3 Å². The highest BCUT2D eigenvalue weighted by molar-refractivity contribution is 5.87. The second kappa shape index (κ2) is 5.79. The molecule has 2 fully saturated rings. The second-order valence-corrected chi connectivity index (χ2v) is 6.56. The molecule has 1 amide bonds. The van der Waals surface area contributed by atoms with Gasteiger partial charge in [-0.05, 0) is 37.6 Å². The van der Waals surface area contributed by atoms with E-state index >= 15 is 0 Å². The van der Waals surface area contributed by atoms with E-state index in [1.165, 1.54) is 0 Å². The molecule has 3 aliphatic rings. The summed E-state index contributed by atoms with van der Waals surface area (Å²) in [5.74, 6) is -1.61. The predicted octanol–water partition coefficient (Wildman–Crippen LogP) is 1.11. The molecule has 0 aromatic heterocycles. The summed E-state index contributed by atoms with van der Waals surface area (Å²) in [4.78, 5) is 26.4. The lowest BCUT2D eigenvalue weighted by molar-refractivity contribution is -0.148. The summed E-state index contributed by atoms with van der Waals surface area (Å²) >= 11 is 0. The minimum Gasteiger partial charge on any atom is -0.481 e. The summed E-state index contributed by atoms with van der Waals surface area (Å²) in [5, 5.41) is 12.5. The van der Waals surface area contributed by atoms with Gasteiger partial charge in [0.25, 0.3) is 0 Å². The summed E-state index contributed by atoms with van der Waals surface area (Å²) in [5.41, 5.74) is 0. The van der Waals surface area contributed by atoms with E-state index in [1.54, 1.807) is 0 Å². The molecular weight excluding hydrogens is 268 g/mol. The molecule has 2 bridgehead atoms. The van der Waals surface area contributed by atoms with Gasteiger partial charge in [-0.15, -0.1) is 0 Å². The van der Waals surface area contributed by atoms with Crippen molar-refractivity contribution < 1.29 is 14.7 Å². The van der Waals surface area contributed by atoms with Crippen LogP contribution in [0.15, 0.2) is 12.2 Å². The first kappa shape index (κ1) is 14.6. The third-order valence-corrected chi connectivity index (χ3v) is 5.43. The van der Waals surface area contributed by atoms with Crippen LogP contribution in [0.5, 0.6) is 0 Å². The summed E-state index contributed by atoms with van der Waals surface area (Å²) in [6, 6.07) is 0.206. The topological polar surface area (TPSA) is 69.6 Å². The van der Waals surface area contributed by atoms with Crippen molar-refractivity contribution in [3.8, 4) is 0 Å². The Bertz CT molecular complexity index is 454. The first-order chi connectivity index (χ1) is 10.1. The molecule has 0 radical (unpaired) electrons. The maximum absolute atomic E-state index is 12.5. The number of allylic oxidation sites excluding steroid dienone is 2. The van der Waals surface area contributed by atoms with Crippen molar-refractivity contribution in [3.05, 3.63) is 12.2 Å². The Kier molecular flexibility index (Phi) is 4.02. The molecular formula is C16H24N2O3. The van der Waals surface area contributed by atoms with Gasteiger partial charge in [0.15, 0.2) is 0 Å². The van der Waals surface area contributed by atoms with E-state index in [9.17, 15) is 14.7 Å². The van der Waals surface area contributed by atoms with Crippen molar-refractivity contribution in [2.75, 3.05) is 19.6 Å². The largest absolute Gasteiger partial charge is 0.481 e. The zero-order valence-electron chi connectivity index (χ0n) is 12.5. The zero-order chi connectivity index (χ0) is 15.0. The first-order valence-corrected chi connectivity index (χ1v) is 8.04. The van der Waals surface area contributed by atoms with Gasteiger partial charge in [-0.25, -0.2) is 0 Å². The molecule has 3 rings (SSSR count). The van der Waals surface area contributed by atoms with Gasteiger partial charge in [0, 0.05) is 19.1 Å². The van der Waals surface area contributed by atoms with Crippen LogP contribution in [-0.2, 0) is 9.59 Å². The number of aliphatic carboxylic acids is 1. The third kappa shape index (κ3) is 2.71. The maximum atomic E-state index is 12.5. The Morgan fingerprint density at radius 3 is 2.38 bits per heavy atom. The van der Waals surface area contributed by atoms with Crippen LogP contribution in [0.3, 0.4) is 0 Å². The van der Waals surface area contributed by atoms with E-state index < -0.39 is 11.9 Å². The van der Waals surface area contributed by atoms with Crippen molar-refractivity contribution >= 4 is 11.9 Å². The third-order valence-electron chi connectivity index (χ3n) is 5.43. The van der Waals surface area contributed by atoms with Gasteiger partial charge in [-0.2, -0.15) is 0 Å². The van der Waals surface area contributed by atoms with Crippen LogP contribution in [0.25, 0.3) is 0 Å². The van der Waals surface area contributed by atoms with Crippen LogP contribution in [-0.4, -0.2) is 47.6 Å². The summed E-state index contributed by atoms with van der Waals surface area (Å²) in [7, 11) is 0. The van der Waals surface area contributed by atoms with E-state index in [0.717, 1.165) is 38.9 Å². The van der Waals surface area contributed by atoms with Crippen molar-refractivity contribution in [1.29, 1.82) is 0 Å². The lowest BCUT2D eigenvalue weighted by Crippen LogP contribution is -2.48. The zero-order valence-corrected chi connectivity index (χ0v) is 12.5. The van der Waals surface area contributed by atoms with Crippen molar-refractivity contribution in [1.82, 2.24) is 10.2 Å². The number of hydrogen-bond donors (Lipinski definition) is 2. The average Bonchev–Trinajstić information content (AvgIpc) is 3.08. The van der Waals surface area contributed by atoms with Crippen molar-refractivity contribution in [2.45, 2.75) is 32.2 Å². The fourth-order valence-electron chi connectivity index (χ4n) is 4.21. The first-order valence-electron chi connectivity index (χ1n) is 8.04. The molecule has 2 N–H and O–H groups in total. The Labute approximate surface area is 125 Å². The maximum Gasteiger partial charge on any atom is 0.307 e. The molecule has 2 unspecified atom stereocenters. The van der Waals surface area contributed by atoms with Crippen molar-refractivity contribution in [2.24, 2.45) is 23.7 Å². The minimum absolute atomic E-state index is 0.0465. The smallest absolute Gasteiger partial charge is 0.307 e. The number of amides is 1. The number of carboxylic acid groups (broad SMARTS) is 1. The fourth-order valence-corrected chi connectivity index (χ4v) is 4.21. The van der Waals surface area contributed by atoms with Crippen LogP contribution in [0, 0.1) is 23.7 Å². The van der Waals surface area contributed by atoms with E-state index in [2.05, 4.69) is 17.1 Å². The standard InChI is InChI=1S/C16H24N2O3/c1-2-18-7-5-12(6-8-18)17-15(19)13-10-3-4-11(9-10)14(13)16(20)21/h3-4,10-14H,2,5-9H2,1H3,(H,17,19)(H,20,21)/t10?,11?,13-,14+/m0/s1. The highest BCUT2D eigenvalue weighted by atomic mass is 16.4. The highest BCUT2D eigenvalue weighted by Crippen LogP contribution is 2.48.